The van der Waals surface area contributed by atoms with E-state index in [4.69, 9.17) is 14.2 Å². The lowest BCUT2D eigenvalue weighted by Gasteiger charge is -2.25. The lowest BCUT2D eigenvalue weighted by Crippen LogP contribution is -2.43. The Morgan fingerprint density at radius 3 is 2.39 bits per heavy atom. The van der Waals surface area contributed by atoms with Gasteiger partial charge >= 0.3 is 0 Å². The predicted octanol–water partition coefficient (Wildman–Crippen LogP) is 2.92. The van der Waals surface area contributed by atoms with Crippen molar-refractivity contribution < 1.29 is 23.8 Å². The van der Waals surface area contributed by atoms with Crippen LogP contribution in [-0.4, -0.2) is 49.7 Å². The molecule has 1 aliphatic rings. The third-order valence-corrected chi connectivity index (χ3v) is 5.98. The molecule has 0 bridgehead atoms. The minimum absolute atomic E-state index is 0.250. The molecule has 0 saturated carbocycles. The van der Waals surface area contributed by atoms with E-state index in [0.717, 1.165) is 24.0 Å². The van der Waals surface area contributed by atoms with Crippen molar-refractivity contribution in [2.45, 2.75) is 6.92 Å². The van der Waals surface area contributed by atoms with Gasteiger partial charge in [0, 0.05) is 13.1 Å². The van der Waals surface area contributed by atoms with E-state index >= 15 is 0 Å². The lowest BCUT2D eigenvalue weighted by atomic mass is 10.3. The number of aromatic nitrogens is 1. The summed E-state index contributed by atoms with van der Waals surface area (Å²) in [5.74, 6) is 0.991. The number of para-hydroxylation sites is 1. The Kier molecular flexibility index (Phi) is 7.38. The minimum atomic E-state index is -0.483. The molecule has 9 nitrogen and oxygen atoms in total. The van der Waals surface area contributed by atoms with E-state index in [1.165, 1.54) is 11.3 Å². The van der Waals surface area contributed by atoms with Gasteiger partial charge in [0.15, 0.2) is 11.7 Å². The van der Waals surface area contributed by atoms with Gasteiger partial charge in [-0.1, -0.05) is 29.5 Å². The predicted molar refractivity (Wildman–Crippen MR) is 124 cm³/mol. The number of aryl methyl sites for hydroxylation is 1. The first-order valence-corrected chi connectivity index (χ1v) is 11.3. The molecule has 0 spiro atoms. The van der Waals surface area contributed by atoms with E-state index in [9.17, 15) is 9.59 Å². The molecule has 1 fully saturated rings. The van der Waals surface area contributed by atoms with Crippen LogP contribution in [0, 0.1) is 6.92 Å². The van der Waals surface area contributed by atoms with Gasteiger partial charge in [-0.05, 0) is 43.3 Å². The maximum atomic E-state index is 12.5. The number of nitrogens with zero attached hydrogens (tertiary/aromatic N) is 2. The third-order valence-electron chi connectivity index (χ3n) is 4.76. The Hall–Kier alpha value is -3.63. The molecule has 33 heavy (non-hydrogen) atoms. The Bertz CT molecular complexity index is 1080. The Morgan fingerprint density at radius 2 is 1.67 bits per heavy atom. The van der Waals surface area contributed by atoms with Gasteiger partial charge in [-0.15, -0.1) is 0 Å². The number of rotatable bonds is 7. The fourth-order valence-corrected chi connectivity index (χ4v) is 4.09. The molecule has 0 atom stereocenters. The smallest absolute Gasteiger partial charge is 0.281 e. The SMILES string of the molecule is Cc1nc(N2CCOCC2)sc1C(=O)NNC(=O)COc1ccc(Oc2ccccc2)cc1. The van der Waals surface area contributed by atoms with Gasteiger partial charge in [-0.3, -0.25) is 20.4 Å². The number of hydrogen-bond donors (Lipinski definition) is 2. The summed E-state index contributed by atoms with van der Waals surface area (Å²) in [5, 5.41) is 0.773. The fraction of sp³-hybridized carbons (Fsp3) is 0.261. The molecule has 0 aliphatic carbocycles. The van der Waals surface area contributed by atoms with E-state index in [1.54, 1.807) is 31.2 Å². The molecule has 1 saturated heterocycles. The first-order chi connectivity index (χ1) is 16.1. The number of carbonyl (C=O) groups is 2. The van der Waals surface area contributed by atoms with Gasteiger partial charge in [-0.2, -0.15) is 0 Å². The Morgan fingerprint density at radius 1 is 1.00 bits per heavy atom. The number of nitrogens with one attached hydrogen (secondary N) is 2. The zero-order valence-electron chi connectivity index (χ0n) is 18.1. The van der Waals surface area contributed by atoms with Crippen molar-refractivity contribution in [3.05, 3.63) is 65.2 Å². The second-order valence-electron chi connectivity index (χ2n) is 7.19. The zero-order valence-corrected chi connectivity index (χ0v) is 18.9. The molecular weight excluding hydrogens is 444 g/mol. The van der Waals surface area contributed by atoms with E-state index in [2.05, 4.69) is 20.7 Å². The largest absolute Gasteiger partial charge is 0.484 e. The van der Waals surface area contributed by atoms with E-state index in [-0.39, 0.29) is 6.61 Å². The second kappa shape index (κ2) is 10.8. The molecule has 2 N–H and O–H groups in total. The van der Waals surface area contributed by atoms with Gasteiger partial charge in [-0.25, -0.2) is 4.98 Å². The van der Waals surface area contributed by atoms with Crippen molar-refractivity contribution in [1.82, 2.24) is 15.8 Å². The normalized spacial score (nSPS) is 13.3. The van der Waals surface area contributed by atoms with Crippen molar-refractivity contribution in [2.24, 2.45) is 0 Å². The summed E-state index contributed by atoms with van der Waals surface area (Å²) in [6.07, 6.45) is 0. The molecule has 172 valence electrons. The summed E-state index contributed by atoms with van der Waals surface area (Å²) in [6, 6.07) is 16.3. The molecule has 3 aromatic rings. The topological polar surface area (TPSA) is 102 Å². The van der Waals surface area contributed by atoms with Gasteiger partial charge in [0.1, 0.15) is 22.1 Å². The number of hydrazine groups is 1. The highest BCUT2D eigenvalue weighted by molar-refractivity contribution is 7.17. The summed E-state index contributed by atoms with van der Waals surface area (Å²) in [4.78, 5) is 31.6. The first kappa shape index (κ1) is 22.6. The van der Waals surface area contributed by atoms with Crippen LogP contribution in [0.3, 0.4) is 0 Å². The van der Waals surface area contributed by atoms with Crippen LogP contribution in [0.5, 0.6) is 17.2 Å². The van der Waals surface area contributed by atoms with Gasteiger partial charge in [0.25, 0.3) is 11.8 Å². The lowest BCUT2D eigenvalue weighted by molar-refractivity contribution is -0.123. The molecule has 1 aromatic heterocycles. The van der Waals surface area contributed by atoms with E-state index in [0.29, 0.717) is 35.3 Å². The minimum Gasteiger partial charge on any atom is -0.484 e. The maximum Gasteiger partial charge on any atom is 0.281 e. The molecule has 2 aromatic carbocycles. The highest BCUT2D eigenvalue weighted by Crippen LogP contribution is 2.26. The zero-order chi connectivity index (χ0) is 23.0. The fourth-order valence-electron chi connectivity index (χ4n) is 3.08. The average Bonchev–Trinajstić information content (AvgIpc) is 3.25. The van der Waals surface area contributed by atoms with Crippen molar-refractivity contribution >= 4 is 28.3 Å². The molecule has 0 unspecified atom stereocenters. The maximum absolute atomic E-state index is 12.5. The summed E-state index contributed by atoms with van der Waals surface area (Å²) in [5.41, 5.74) is 5.40. The number of anilines is 1. The number of thiazole rings is 1. The highest BCUT2D eigenvalue weighted by atomic mass is 32.1. The van der Waals surface area contributed by atoms with Crippen LogP contribution in [-0.2, 0) is 9.53 Å². The molecule has 2 heterocycles. The quantitative estimate of drug-likeness (QED) is 0.514. The van der Waals surface area contributed by atoms with E-state index in [1.807, 2.05) is 30.3 Å². The third kappa shape index (κ3) is 6.21. The van der Waals surface area contributed by atoms with Crippen LogP contribution < -0.4 is 25.2 Å². The molecular formula is C23H24N4O5S. The molecule has 2 amide bonds. The van der Waals surface area contributed by atoms with Crippen LogP contribution in [0.25, 0.3) is 0 Å². The standard InChI is InChI=1S/C23H24N4O5S/c1-16-21(33-23(24-16)27-11-13-30-14-12-27)22(29)26-25-20(28)15-31-17-7-9-19(10-8-17)32-18-5-3-2-4-6-18/h2-10H,11-15H2,1H3,(H,25,28)(H,26,29). The highest BCUT2D eigenvalue weighted by Gasteiger charge is 2.20. The molecule has 4 rings (SSSR count). The van der Waals surface area contributed by atoms with E-state index < -0.39 is 11.8 Å². The van der Waals surface area contributed by atoms with Crippen molar-refractivity contribution in [3.8, 4) is 17.2 Å². The summed E-state index contributed by atoms with van der Waals surface area (Å²) in [7, 11) is 0. The summed E-state index contributed by atoms with van der Waals surface area (Å²) in [6.45, 7) is 4.27. The summed E-state index contributed by atoms with van der Waals surface area (Å²) < 4.78 is 16.5. The number of benzene rings is 2. The van der Waals surface area contributed by atoms with Crippen LogP contribution >= 0.6 is 11.3 Å². The molecule has 10 heteroatoms. The number of hydrogen-bond acceptors (Lipinski definition) is 8. The number of ether oxygens (including phenoxy) is 3. The van der Waals surface area contributed by atoms with Crippen molar-refractivity contribution in [1.29, 1.82) is 0 Å². The Labute approximate surface area is 195 Å². The first-order valence-electron chi connectivity index (χ1n) is 10.4. The van der Waals surface area contributed by atoms with Crippen LogP contribution in [0.1, 0.15) is 15.4 Å². The molecule has 0 radical (unpaired) electrons. The number of morpholine rings is 1. The average molecular weight is 469 g/mol. The number of amides is 2. The monoisotopic (exact) mass is 468 g/mol. The Balaban J connectivity index is 1.22. The van der Waals surface area contributed by atoms with Crippen LogP contribution in [0.4, 0.5) is 5.13 Å². The second-order valence-corrected chi connectivity index (χ2v) is 8.17. The number of carbonyl (C=O) groups excluding carboxylic acids is 2. The molecule has 1 aliphatic heterocycles. The van der Waals surface area contributed by atoms with Crippen LogP contribution in [0.2, 0.25) is 0 Å². The van der Waals surface area contributed by atoms with Gasteiger partial charge < -0.3 is 19.1 Å². The van der Waals surface area contributed by atoms with Crippen LogP contribution in [0.15, 0.2) is 54.6 Å². The van der Waals surface area contributed by atoms with Gasteiger partial charge in [0.05, 0.1) is 18.9 Å². The van der Waals surface area contributed by atoms with Gasteiger partial charge in [0.2, 0.25) is 0 Å². The van der Waals surface area contributed by atoms with Crippen molar-refractivity contribution in [2.75, 3.05) is 37.8 Å². The summed E-state index contributed by atoms with van der Waals surface area (Å²) >= 11 is 1.29. The van der Waals surface area contributed by atoms with Crippen molar-refractivity contribution in [3.63, 3.8) is 0 Å².